The Morgan fingerprint density at radius 1 is 0.438 bits per heavy atom. The SMILES string of the molecule is N#Cc1cccc(-n2c3ccccc3c3ccccc32)c1-c1cccc([Si](c2ccccc2)(c2ccccc2)c2ccccc2)c1C#N. The maximum absolute atomic E-state index is 11.3. The van der Waals surface area contributed by atoms with Crippen molar-refractivity contribution in [1.82, 2.24) is 4.57 Å². The van der Waals surface area contributed by atoms with Crippen LogP contribution in [0.25, 0.3) is 38.6 Å². The highest BCUT2D eigenvalue weighted by atomic mass is 28.3. The highest BCUT2D eigenvalue weighted by Crippen LogP contribution is 2.38. The summed E-state index contributed by atoms with van der Waals surface area (Å²) in [6, 6.07) is 65.9. The van der Waals surface area contributed by atoms with Crippen LogP contribution in [-0.4, -0.2) is 12.6 Å². The molecule has 7 aromatic carbocycles. The fourth-order valence-electron chi connectivity index (χ4n) is 7.51. The topological polar surface area (TPSA) is 52.5 Å². The summed E-state index contributed by atoms with van der Waals surface area (Å²) in [7, 11) is -3.04. The molecule has 48 heavy (non-hydrogen) atoms. The molecule has 8 aromatic rings. The summed E-state index contributed by atoms with van der Waals surface area (Å²) in [6.07, 6.45) is 0. The van der Waals surface area contributed by atoms with Crippen LogP contribution in [0.15, 0.2) is 176 Å². The molecule has 0 aliphatic heterocycles. The number of nitriles is 2. The van der Waals surface area contributed by atoms with Gasteiger partial charge in [0.15, 0.2) is 8.07 Å². The maximum atomic E-state index is 11.3. The van der Waals surface area contributed by atoms with Gasteiger partial charge in [-0.15, -0.1) is 0 Å². The van der Waals surface area contributed by atoms with E-state index in [9.17, 15) is 10.5 Å². The zero-order valence-electron chi connectivity index (χ0n) is 26.1. The van der Waals surface area contributed by atoms with E-state index in [2.05, 4.69) is 144 Å². The molecule has 0 radical (unpaired) electrons. The first-order chi connectivity index (χ1) is 23.8. The predicted octanol–water partition coefficient (Wildman–Crippen LogP) is 7.57. The Hall–Kier alpha value is -6.46. The first-order valence-electron chi connectivity index (χ1n) is 16.0. The van der Waals surface area contributed by atoms with Gasteiger partial charge < -0.3 is 4.57 Å². The van der Waals surface area contributed by atoms with Gasteiger partial charge in [-0.05, 0) is 45.0 Å². The third-order valence-electron chi connectivity index (χ3n) is 9.45. The van der Waals surface area contributed by atoms with E-state index in [0.29, 0.717) is 11.1 Å². The van der Waals surface area contributed by atoms with Crippen molar-refractivity contribution in [3.05, 3.63) is 187 Å². The van der Waals surface area contributed by atoms with Gasteiger partial charge in [-0.2, -0.15) is 10.5 Å². The fourth-order valence-corrected chi connectivity index (χ4v) is 12.4. The molecular formula is C44H29N3Si. The normalized spacial score (nSPS) is 11.3. The molecule has 0 amide bonds. The molecule has 0 atom stereocenters. The molecule has 8 rings (SSSR count). The molecule has 4 heteroatoms. The molecule has 0 N–H and O–H groups in total. The average molecular weight is 628 g/mol. The molecule has 1 aromatic heterocycles. The molecule has 1 heterocycles. The monoisotopic (exact) mass is 627 g/mol. The van der Waals surface area contributed by atoms with Gasteiger partial charge in [0.2, 0.25) is 0 Å². The zero-order chi connectivity index (χ0) is 32.5. The number of aromatic nitrogens is 1. The van der Waals surface area contributed by atoms with Crippen molar-refractivity contribution >= 4 is 50.6 Å². The number of hydrogen-bond donors (Lipinski definition) is 0. The Balaban J connectivity index is 1.51. The minimum absolute atomic E-state index is 0.523. The zero-order valence-corrected chi connectivity index (χ0v) is 27.1. The lowest BCUT2D eigenvalue weighted by molar-refractivity contribution is 1.18. The van der Waals surface area contributed by atoms with Crippen molar-refractivity contribution in [2.75, 3.05) is 0 Å². The van der Waals surface area contributed by atoms with Crippen molar-refractivity contribution in [3.63, 3.8) is 0 Å². The van der Waals surface area contributed by atoms with Gasteiger partial charge in [0.1, 0.15) is 0 Å². The van der Waals surface area contributed by atoms with Gasteiger partial charge in [-0.1, -0.05) is 152 Å². The average Bonchev–Trinajstić information content (AvgIpc) is 3.50. The molecule has 3 nitrogen and oxygen atoms in total. The van der Waals surface area contributed by atoms with Gasteiger partial charge in [-0.25, -0.2) is 0 Å². The van der Waals surface area contributed by atoms with Crippen LogP contribution in [0.5, 0.6) is 0 Å². The first-order valence-corrected chi connectivity index (χ1v) is 18.0. The van der Waals surface area contributed by atoms with Gasteiger partial charge in [0.05, 0.1) is 40.0 Å². The van der Waals surface area contributed by atoms with E-state index >= 15 is 0 Å². The van der Waals surface area contributed by atoms with Gasteiger partial charge in [-0.3, -0.25) is 0 Å². The molecule has 0 aliphatic carbocycles. The summed E-state index contributed by atoms with van der Waals surface area (Å²) in [5.74, 6) is 0. The van der Waals surface area contributed by atoms with E-state index in [-0.39, 0.29) is 0 Å². The van der Waals surface area contributed by atoms with Crippen LogP contribution >= 0.6 is 0 Å². The molecule has 0 aliphatic rings. The summed E-state index contributed by atoms with van der Waals surface area (Å²) in [5, 5.41) is 28.7. The van der Waals surface area contributed by atoms with Gasteiger partial charge >= 0.3 is 0 Å². The lowest BCUT2D eigenvalue weighted by atomic mass is 9.94. The minimum atomic E-state index is -3.04. The van der Waals surface area contributed by atoms with Crippen molar-refractivity contribution in [3.8, 4) is 29.0 Å². The molecule has 0 fully saturated rings. The summed E-state index contributed by atoms with van der Waals surface area (Å²) in [4.78, 5) is 0. The van der Waals surface area contributed by atoms with Gasteiger partial charge in [0, 0.05) is 21.9 Å². The van der Waals surface area contributed by atoms with Crippen LogP contribution in [-0.2, 0) is 0 Å². The van der Waals surface area contributed by atoms with Crippen LogP contribution in [0.2, 0.25) is 0 Å². The minimum Gasteiger partial charge on any atom is -0.309 e. The number of rotatable bonds is 6. The molecule has 0 bridgehead atoms. The van der Waals surface area contributed by atoms with Crippen LogP contribution in [0.3, 0.4) is 0 Å². The Labute approximate surface area is 280 Å². The summed E-state index contributed by atoms with van der Waals surface area (Å²) in [6.45, 7) is 0. The number of nitrogens with zero attached hydrogens (tertiary/aromatic N) is 3. The molecule has 0 saturated heterocycles. The lowest BCUT2D eigenvalue weighted by Crippen LogP contribution is -2.75. The second-order valence-corrected chi connectivity index (χ2v) is 15.6. The third kappa shape index (κ3) is 4.40. The maximum Gasteiger partial charge on any atom is 0.180 e. The highest BCUT2D eigenvalue weighted by molar-refractivity contribution is 7.20. The smallest absolute Gasteiger partial charge is 0.180 e. The summed E-state index contributed by atoms with van der Waals surface area (Å²) in [5.41, 5.74) is 5.58. The van der Waals surface area contributed by atoms with Crippen molar-refractivity contribution < 1.29 is 0 Å². The highest BCUT2D eigenvalue weighted by Gasteiger charge is 2.43. The molecule has 0 spiro atoms. The number of fused-ring (bicyclic) bond motifs is 3. The Bertz CT molecular complexity index is 2370. The lowest BCUT2D eigenvalue weighted by Gasteiger charge is -2.35. The second-order valence-electron chi connectivity index (χ2n) is 11.9. The summed E-state index contributed by atoms with van der Waals surface area (Å²) < 4.78 is 2.24. The van der Waals surface area contributed by atoms with Crippen LogP contribution < -0.4 is 20.7 Å². The van der Waals surface area contributed by atoms with E-state index in [1.54, 1.807) is 0 Å². The van der Waals surface area contributed by atoms with E-state index in [1.165, 1.54) is 15.6 Å². The first kappa shape index (κ1) is 29.0. The third-order valence-corrected chi connectivity index (χ3v) is 14.3. The van der Waals surface area contributed by atoms with Crippen molar-refractivity contribution in [2.45, 2.75) is 0 Å². The number of benzene rings is 7. The standard InChI is InChI=1S/C44H29N3Si/c45-30-32-16-14-28-42(47-40-26-12-10-23-36(40)37-24-11-13-27-41(37)47)44(32)38-25-15-29-43(39(38)31-46)48(33-17-4-1-5-18-33,34-19-6-2-7-20-34)35-21-8-3-9-22-35/h1-29H. The molecule has 0 saturated carbocycles. The summed E-state index contributed by atoms with van der Waals surface area (Å²) >= 11 is 0. The molecular weight excluding hydrogens is 599 g/mol. The van der Waals surface area contributed by atoms with E-state index in [0.717, 1.165) is 43.8 Å². The van der Waals surface area contributed by atoms with Crippen molar-refractivity contribution in [2.24, 2.45) is 0 Å². The predicted molar refractivity (Wildman–Crippen MR) is 199 cm³/mol. The van der Waals surface area contributed by atoms with Crippen LogP contribution in [0, 0.1) is 22.7 Å². The van der Waals surface area contributed by atoms with Crippen molar-refractivity contribution in [1.29, 1.82) is 10.5 Å². The van der Waals surface area contributed by atoms with E-state index < -0.39 is 8.07 Å². The molecule has 0 unspecified atom stereocenters. The Morgan fingerprint density at radius 3 is 1.42 bits per heavy atom. The van der Waals surface area contributed by atoms with E-state index in [4.69, 9.17) is 0 Å². The van der Waals surface area contributed by atoms with Crippen LogP contribution in [0.4, 0.5) is 0 Å². The Kier molecular flexibility index (Phi) is 7.27. The number of hydrogen-bond acceptors (Lipinski definition) is 2. The van der Waals surface area contributed by atoms with Gasteiger partial charge in [0.25, 0.3) is 0 Å². The second kappa shape index (κ2) is 12.0. The Morgan fingerprint density at radius 2 is 0.917 bits per heavy atom. The molecule has 224 valence electrons. The quantitative estimate of drug-likeness (QED) is 0.141. The largest absolute Gasteiger partial charge is 0.309 e. The van der Waals surface area contributed by atoms with Crippen LogP contribution in [0.1, 0.15) is 11.1 Å². The fraction of sp³-hybridized carbons (Fsp3) is 0. The number of para-hydroxylation sites is 2. The van der Waals surface area contributed by atoms with E-state index in [1.807, 2.05) is 48.5 Å².